The number of benzene rings is 1. The standard InChI is InChI=1S/C24H36N2O/c1-6-10-24(11-9-17(2)14-24)22(27)13-21-20-12-18(16-25-5)7-8-19(20)15-23(3,4)26-21/h7-8,12-13,17,25-26H,6,9-11,14-16H2,1-5H3/b21-13-. The van der Waals surface area contributed by atoms with Crippen LogP contribution < -0.4 is 10.6 Å². The van der Waals surface area contributed by atoms with E-state index >= 15 is 0 Å². The molecule has 2 aliphatic rings. The zero-order valence-corrected chi connectivity index (χ0v) is 17.7. The lowest BCUT2D eigenvalue weighted by Gasteiger charge is -2.36. The van der Waals surface area contributed by atoms with Gasteiger partial charge in [-0.2, -0.15) is 0 Å². The molecule has 1 aliphatic carbocycles. The summed E-state index contributed by atoms with van der Waals surface area (Å²) in [6.07, 6.45) is 8.26. The summed E-state index contributed by atoms with van der Waals surface area (Å²) in [4.78, 5) is 13.5. The Balaban J connectivity index is 1.99. The average Bonchev–Trinajstić information content (AvgIpc) is 2.97. The van der Waals surface area contributed by atoms with Gasteiger partial charge in [-0.25, -0.2) is 0 Å². The smallest absolute Gasteiger partial charge is 0.163 e. The van der Waals surface area contributed by atoms with Crippen LogP contribution in [-0.4, -0.2) is 18.4 Å². The van der Waals surface area contributed by atoms with Crippen molar-refractivity contribution in [1.82, 2.24) is 10.6 Å². The molecule has 2 atom stereocenters. The number of allylic oxidation sites excluding steroid dienone is 1. The number of carbonyl (C=O) groups is 1. The summed E-state index contributed by atoms with van der Waals surface area (Å²) >= 11 is 0. The number of fused-ring (bicyclic) bond motifs is 1. The predicted molar refractivity (Wildman–Crippen MR) is 113 cm³/mol. The van der Waals surface area contributed by atoms with Gasteiger partial charge in [0.05, 0.1) is 0 Å². The minimum absolute atomic E-state index is 0.0372. The minimum atomic E-state index is -0.146. The van der Waals surface area contributed by atoms with Gasteiger partial charge in [0.15, 0.2) is 5.78 Å². The SMILES string of the molecule is CCCC1(C(=O)/C=C2\NC(C)(C)Cc3ccc(CNC)cc32)CCC(C)C1. The summed E-state index contributed by atoms with van der Waals surface area (Å²) in [5.41, 5.74) is 4.63. The molecule has 2 N–H and O–H groups in total. The Morgan fingerprint density at radius 3 is 2.78 bits per heavy atom. The molecule has 1 fully saturated rings. The highest BCUT2D eigenvalue weighted by Gasteiger charge is 2.42. The topological polar surface area (TPSA) is 41.1 Å². The molecule has 1 aliphatic heterocycles. The summed E-state index contributed by atoms with van der Waals surface area (Å²) in [7, 11) is 1.97. The molecule has 1 heterocycles. The highest BCUT2D eigenvalue weighted by atomic mass is 16.1. The van der Waals surface area contributed by atoms with Crippen molar-refractivity contribution < 1.29 is 4.79 Å². The zero-order chi connectivity index (χ0) is 19.7. The second kappa shape index (κ2) is 7.79. The molecule has 1 aromatic carbocycles. The maximum atomic E-state index is 13.5. The predicted octanol–water partition coefficient (Wildman–Crippen LogP) is 4.85. The molecular weight excluding hydrogens is 332 g/mol. The van der Waals surface area contributed by atoms with Crippen LogP contribution in [0.2, 0.25) is 0 Å². The molecule has 3 nitrogen and oxygen atoms in total. The second-order valence-corrected chi connectivity index (χ2v) is 9.51. The van der Waals surface area contributed by atoms with E-state index in [1.807, 2.05) is 13.1 Å². The minimum Gasteiger partial charge on any atom is -0.379 e. The largest absolute Gasteiger partial charge is 0.379 e. The van der Waals surface area contributed by atoms with Crippen molar-refractivity contribution in [2.75, 3.05) is 7.05 Å². The van der Waals surface area contributed by atoms with Crippen molar-refractivity contribution >= 4 is 11.5 Å². The quantitative estimate of drug-likeness (QED) is 0.706. The molecule has 0 amide bonds. The molecule has 0 bridgehead atoms. The lowest BCUT2D eigenvalue weighted by molar-refractivity contribution is -0.124. The summed E-state index contributed by atoms with van der Waals surface area (Å²) in [6.45, 7) is 9.77. The van der Waals surface area contributed by atoms with Crippen LogP contribution in [0.1, 0.15) is 76.5 Å². The number of carbonyl (C=O) groups excluding carboxylic acids is 1. The van der Waals surface area contributed by atoms with Gasteiger partial charge < -0.3 is 10.6 Å². The number of rotatable bonds is 6. The first kappa shape index (κ1) is 20.1. The van der Waals surface area contributed by atoms with Gasteiger partial charge in [0.1, 0.15) is 0 Å². The van der Waals surface area contributed by atoms with Crippen molar-refractivity contribution in [3.8, 4) is 0 Å². The zero-order valence-electron chi connectivity index (χ0n) is 17.7. The summed E-state index contributed by atoms with van der Waals surface area (Å²) in [6, 6.07) is 6.69. The molecule has 148 valence electrons. The third kappa shape index (κ3) is 4.29. The van der Waals surface area contributed by atoms with Crippen LogP contribution in [0.4, 0.5) is 0 Å². The highest BCUT2D eigenvalue weighted by Crippen LogP contribution is 2.46. The Morgan fingerprint density at radius 1 is 1.37 bits per heavy atom. The Hall–Kier alpha value is -1.61. The monoisotopic (exact) mass is 368 g/mol. The maximum absolute atomic E-state index is 13.5. The second-order valence-electron chi connectivity index (χ2n) is 9.51. The van der Waals surface area contributed by atoms with E-state index in [0.29, 0.717) is 11.7 Å². The van der Waals surface area contributed by atoms with Gasteiger partial charge in [-0.15, -0.1) is 0 Å². The maximum Gasteiger partial charge on any atom is 0.163 e. The lowest BCUT2D eigenvalue weighted by Crippen LogP contribution is -2.44. The number of nitrogens with one attached hydrogen (secondary N) is 2. The Morgan fingerprint density at radius 2 is 2.15 bits per heavy atom. The number of ketones is 1. The molecule has 3 heteroatoms. The third-order valence-corrected chi connectivity index (χ3v) is 6.33. The van der Waals surface area contributed by atoms with Crippen molar-refractivity contribution in [2.24, 2.45) is 11.3 Å². The fraction of sp³-hybridized carbons (Fsp3) is 0.625. The van der Waals surface area contributed by atoms with E-state index < -0.39 is 0 Å². The van der Waals surface area contributed by atoms with E-state index in [1.165, 1.54) is 23.1 Å². The van der Waals surface area contributed by atoms with Crippen LogP contribution >= 0.6 is 0 Å². The molecule has 2 unspecified atom stereocenters. The van der Waals surface area contributed by atoms with Crippen LogP contribution in [-0.2, 0) is 17.8 Å². The van der Waals surface area contributed by atoms with E-state index in [9.17, 15) is 4.79 Å². The van der Waals surface area contributed by atoms with Crippen LogP contribution in [0, 0.1) is 11.3 Å². The molecule has 1 saturated carbocycles. The third-order valence-electron chi connectivity index (χ3n) is 6.33. The first-order chi connectivity index (χ1) is 12.8. The van der Waals surface area contributed by atoms with Gasteiger partial charge in [0, 0.05) is 34.8 Å². The van der Waals surface area contributed by atoms with Gasteiger partial charge in [-0.1, -0.05) is 32.4 Å². The van der Waals surface area contributed by atoms with Gasteiger partial charge in [0.25, 0.3) is 0 Å². The van der Waals surface area contributed by atoms with E-state index in [0.717, 1.165) is 44.3 Å². The molecule has 0 radical (unpaired) electrons. The van der Waals surface area contributed by atoms with Gasteiger partial charge in [-0.3, -0.25) is 4.79 Å². The summed E-state index contributed by atoms with van der Waals surface area (Å²) < 4.78 is 0. The molecule has 3 rings (SSSR count). The van der Waals surface area contributed by atoms with Crippen molar-refractivity contribution in [3.63, 3.8) is 0 Å². The van der Waals surface area contributed by atoms with Crippen molar-refractivity contribution in [2.45, 2.75) is 78.3 Å². The molecule has 0 saturated heterocycles. The van der Waals surface area contributed by atoms with Gasteiger partial charge in [-0.05, 0) is 76.1 Å². The van der Waals surface area contributed by atoms with Gasteiger partial charge in [0.2, 0.25) is 0 Å². The molecule has 0 aromatic heterocycles. The molecule has 27 heavy (non-hydrogen) atoms. The first-order valence-corrected chi connectivity index (χ1v) is 10.6. The van der Waals surface area contributed by atoms with E-state index in [2.05, 4.69) is 56.5 Å². The summed E-state index contributed by atoms with van der Waals surface area (Å²) in [5, 5.41) is 6.89. The fourth-order valence-corrected chi connectivity index (χ4v) is 5.14. The Bertz CT molecular complexity index is 730. The van der Waals surface area contributed by atoms with Crippen LogP contribution in [0.15, 0.2) is 24.3 Å². The van der Waals surface area contributed by atoms with E-state index in [1.54, 1.807) is 0 Å². The number of hydrogen-bond donors (Lipinski definition) is 2. The Labute approximate surface area is 165 Å². The Kier molecular flexibility index (Phi) is 5.81. The molecule has 1 aromatic rings. The van der Waals surface area contributed by atoms with Crippen molar-refractivity contribution in [3.05, 3.63) is 41.0 Å². The van der Waals surface area contributed by atoms with E-state index in [4.69, 9.17) is 0 Å². The summed E-state index contributed by atoms with van der Waals surface area (Å²) in [5.74, 6) is 0.989. The van der Waals surface area contributed by atoms with Crippen LogP contribution in [0.25, 0.3) is 5.70 Å². The molecule has 0 spiro atoms. The van der Waals surface area contributed by atoms with Crippen LogP contribution in [0.3, 0.4) is 0 Å². The molecular formula is C24H36N2O. The first-order valence-electron chi connectivity index (χ1n) is 10.6. The van der Waals surface area contributed by atoms with Gasteiger partial charge >= 0.3 is 0 Å². The number of hydrogen-bond acceptors (Lipinski definition) is 3. The normalized spacial score (nSPS) is 28.0. The van der Waals surface area contributed by atoms with Crippen LogP contribution in [0.5, 0.6) is 0 Å². The average molecular weight is 369 g/mol. The highest BCUT2D eigenvalue weighted by molar-refractivity contribution is 6.01. The van der Waals surface area contributed by atoms with Crippen molar-refractivity contribution in [1.29, 1.82) is 0 Å². The lowest BCUT2D eigenvalue weighted by atomic mass is 9.76. The fourth-order valence-electron chi connectivity index (χ4n) is 5.14. The van der Waals surface area contributed by atoms with E-state index in [-0.39, 0.29) is 11.0 Å².